The van der Waals surface area contributed by atoms with Crippen molar-refractivity contribution in [3.8, 4) is 0 Å². The summed E-state index contributed by atoms with van der Waals surface area (Å²) in [6.45, 7) is 0. The molecule has 0 radical (unpaired) electrons. The topological polar surface area (TPSA) is 0 Å². The van der Waals surface area contributed by atoms with Crippen LogP contribution in [0.25, 0.3) is 0 Å². The molecule has 0 saturated carbocycles. The first-order chi connectivity index (χ1) is 5.42. The van der Waals surface area contributed by atoms with Crippen molar-refractivity contribution in [3.05, 3.63) is 0 Å². The number of halogens is 4. The molecule has 0 aromatic carbocycles. The Balaban J connectivity index is 3.12. The molecule has 1 unspecified atom stereocenters. The molecule has 0 rings (SSSR count). The summed E-state index contributed by atoms with van der Waals surface area (Å²) in [6, 6.07) is 0. The summed E-state index contributed by atoms with van der Waals surface area (Å²) < 4.78 is 46.2. The zero-order valence-corrected chi connectivity index (χ0v) is 9.12. The summed E-state index contributed by atoms with van der Waals surface area (Å²) in [6.07, 6.45) is -3.13. The first-order valence-electron chi connectivity index (χ1n) is 4.12. The van der Waals surface area contributed by atoms with Crippen molar-refractivity contribution in [3.63, 3.8) is 0 Å². The molecule has 0 aliphatic carbocycles. The fraction of sp³-hybridized carbons (Fsp3) is 1.00. The minimum atomic E-state index is -4.05. The van der Waals surface area contributed by atoms with E-state index in [-0.39, 0.29) is 6.42 Å². The Morgan fingerprint density at radius 1 is 1.08 bits per heavy atom. The van der Waals surface area contributed by atoms with E-state index in [9.17, 15) is 17.6 Å². The SMILES string of the molecule is F[CH]([Na])CCCCCC(F)(F)F. The third-order valence-electron chi connectivity index (χ3n) is 1.56. The molecule has 0 saturated heterocycles. The van der Waals surface area contributed by atoms with Crippen molar-refractivity contribution >= 4 is 27.9 Å². The Morgan fingerprint density at radius 3 is 2.08 bits per heavy atom. The van der Waals surface area contributed by atoms with Gasteiger partial charge in [0.05, 0.1) is 0 Å². The summed E-state index contributed by atoms with van der Waals surface area (Å²) in [5.74, 6) is 0. The molecule has 0 aromatic heterocycles. The second kappa shape index (κ2) is 6.22. The summed E-state index contributed by atoms with van der Waals surface area (Å²) in [7, 11) is 0. The molecular formula is C7H11F4Na. The molecule has 0 N–H and O–H groups in total. The van der Waals surface area contributed by atoms with Gasteiger partial charge in [0.1, 0.15) is 0 Å². The van der Waals surface area contributed by atoms with E-state index in [1.54, 1.807) is 0 Å². The van der Waals surface area contributed by atoms with Gasteiger partial charge in [0, 0.05) is 0 Å². The van der Waals surface area contributed by atoms with Gasteiger partial charge < -0.3 is 0 Å². The van der Waals surface area contributed by atoms with Crippen LogP contribution >= 0.6 is 0 Å². The van der Waals surface area contributed by atoms with Crippen molar-refractivity contribution < 1.29 is 17.6 Å². The van der Waals surface area contributed by atoms with Gasteiger partial charge in [0.2, 0.25) is 0 Å². The van der Waals surface area contributed by atoms with E-state index in [1.165, 1.54) is 0 Å². The minimum absolute atomic E-state index is 0.137. The third-order valence-corrected chi connectivity index (χ3v) is 2.14. The predicted molar refractivity (Wildman–Crippen MR) is 39.8 cm³/mol. The Labute approximate surface area is 87.1 Å². The third kappa shape index (κ3) is 10.7. The second-order valence-electron chi connectivity index (χ2n) is 3.00. The number of hydrogen-bond donors (Lipinski definition) is 0. The van der Waals surface area contributed by atoms with E-state index >= 15 is 0 Å². The Hall–Kier alpha value is 0.720. The maximum atomic E-state index is 12.2. The molecule has 0 spiro atoms. The van der Waals surface area contributed by atoms with Crippen LogP contribution in [-0.2, 0) is 0 Å². The molecule has 0 aliphatic rings. The molecular weight excluding hydrogens is 183 g/mol. The molecule has 68 valence electrons. The zero-order valence-electron chi connectivity index (χ0n) is 7.12. The molecule has 5 heteroatoms. The summed E-state index contributed by atoms with van der Waals surface area (Å²) >= 11 is 0.490. The van der Waals surface area contributed by atoms with Gasteiger partial charge in [-0.1, -0.05) is 0 Å². The van der Waals surface area contributed by atoms with Crippen LogP contribution in [0, 0.1) is 0 Å². The quantitative estimate of drug-likeness (QED) is 0.358. The Bertz CT molecular complexity index is 110. The average molecular weight is 194 g/mol. The molecule has 0 bridgehead atoms. The molecule has 1 atom stereocenters. The van der Waals surface area contributed by atoms with Crippen LogP contribution in [0.4, 0.5) is 17.6 Å². The van der Waals surface area contributed by atoms with Crippen LogP contribution < -0.4 is 0 Å². The molecule has 0 amide bonds. The van der Waals surface area contributed by atoms with Crippen molar-refractivity contribution in [1.29, 1.82) is 0 Å². The van der Waals surface area contributed by atoms with Gasteiger partial charge in [-0.2, -0.15) is 0 Å². The van der Waals surface area contributed by atoms with Gasteiger partial charge in [-0.25, -0.2) is 0 Å². The van der Waals surface area contributed by atoms with E-state index in [0.29, 0.717) is 47.2 Å². The number of unbranched alkanes of at least 4 members (excludes halogenated alkanes) is 2. The van der Waals surface area contributed by atoms with Crippen LogP contribution in [0.1, 0.15) is 32.1 Å². The number of rotatable bonds is 5. The Kier molecular flexibility index (Phi) is 6.59. The molecule has 0 aliphatic heterocycles. The molecule has 0 aromatic rings. The van der Waals surface area contributed by atoms with Crippen molar-refractivity contribution in [2.75, 3.05) is 0 Å². The van der Waals surface area contributed by atoms with Crippen LogP contribution in [0.5, 0.6) is 0 Å². The fourth-order valence-corrected chi connectivity index (χ4v) is 1.34. The van der Waals surface area contributed by atoms with Crippen molar-refractivity contribution in [2.45, 2.75) is 41.7 Å². The molecule has 0 fully saturated rings. The standard InChI is InChI=1S/C7H11F4.Na/c8-6-4-2-1-3-5-7(9,10)11;/h6H,1-5H2;. The van der Waals surface area contributed by atoms with Crippen molar-refractivity contribution in [1.82, 2.24) is 0 Å². The number of hydrogen-bond acceptors (Lipinski definition) is 0. The first kappa shape index (κ1) is 12.7. The first-order valence-corrected chi connectivity index (χ1v) is 5.28. The Morgan fingerprint density at radius 2 is 1.67 bits per heavy atom. The summed E-state index contributed by atoms with van der Waals surface area (Å²) in [5.41, 5.74) is 0. The predicted octanol–water partition coefficient (Wildman–Crippen LogP) is 2.96. The molecule has 0 nitrogen and oxygen atoms in total. The van der Waals surface area contributed by atoms with Crippen LogP contribution in [0.15, 0.2) is 0 Å². The molecule has 12 heavy (non-hydrogen) atoms. The van der Waals surface area contributed by atoms with Gasteiger partial charge in [0.25, 0.3) is 0 Å². The van der Waals surface area contributed by atoms with Gasteiger partial charge in [0.15, 0.2) is 0 Å². The van der Waals surface area contributed by atoms with E-state index in [0.717, 1.165) is 0 Å². The van der Waals surface area contributed by atoms with Gasteiger partial charge in [-0.05, 0) is 0 Å². The van der Waals surface area contributed by atoms with Gasteiger partial charge in [-0.3, -0.25) is 0 Å². The maximum absolute atomic E-state index is 12.2. The fourth-order valence-electron chi connectivity index (χ4n) is 0.928. The van der Waals surface area contributed by atoms with E-state index < -0.39 is 16.0 Å². The van der Waals surface area contributed by atoms with Crippen LogP contribution in [0.2, 0.25) is 0 Å². The molecule has 0 heterocycles. The summed E-state index contributed by atoms with van der Waals surface area (Å²) in [5, 5.41) is 0. The number of alkyl halides is 4. The monoisotopic (exact) mass is 194 g/mol. The van der Waals surface area contributed by atoms with Gasteiger partial charge >= 0.3 is 87.2 Å². The van der Waals surface area contributed by atoms with Crippen molar-refractivity contribution in [2.24, 2.45) is 0 Å². The van der Waals surface area contributed by atoms with Crippen LogP contribution in [0.3, 0.4) is 0 Å². The van der Waals surface area contributed by atoms with E-state index in [1.807, 2.05) is 0 Å². The van der Waals surface area contributed by atoms with Crippen LogP contribution in [-0.4, -0.2) is 37.5 Å². The van der Waals surface area contributed by atoms with E-state index in [4.69, 9.17) is 0 Å². The van der Waals surface area contributed by atoms with E-state index in [2.05, 4.69) is 0 Å². The normalized spacial score (nSPS) is 14.8. The average Bonchev–Trinajstić information content (AvgIpc) is 1.83. The summed E-state index contributed by atoms with van der Waals surface area (Å²) in [4.78, 5) is 0. The van der Waals surface area contributed by atoms with Gasteiger partial charge in [-0.15, -0.1) is 0 Å². The second-order valence-corrected chi connectivity index (χ2v) is 4.25. The zero-order chi connectivity index (χ0) is 9.61.